The van der Waals surface area contributed by atoms with Crippen molar-refractivity contribution in [3.05, 3.63) is 10.2 Å². The molecule has 1 atom stereocenters. The number of sulfonamides is 1. The number of aromatic nitrogens is 1. The Kier molecular flexibility index (Phi) is 5.76. The third-order valence-electron chi connectivity index (χ3n) is 2.70. The van der Waals surface area contributed by atoms with Crippen LogP contribution in [0.15, 0.2) is 4.21 Å². The number of aryl methyl sites for hydroxylation is 1. The number of likely N-dealkylation sites (N-methyl/N-ethyl adjacent to an activating group) is 2. The Hall–Kier alpha value is -0.210. The van der Waals surface area contributed by atoms with Crippen molar-refractivity contribution in [2.75, 3.05) is 27.2 Å². The van der Waals surface area contributed by atoms with E-state index in [9.17, 15) is 8.42 Å². The highest BCUT2D eigenvalue weighted by molar-refractivity contribution is 7.91. The summed E-state index contributed by atoms with van der Waals surface area (Å²) in [6.45, 7) is 6.49. The Morgan fingerprint density at radius 2 is 2.00 bits per heavy atom. The van der Waals surface area contributed by atoms with Gasteiger partial charge in [0.1, 0.15) is 0 Å². The standard InChI is InChI=1S/C11H20ClN3O2S2/c1-6-15(8(2)7-14(4)5)19(16,17)10-9(3)13-11(12)18-10/h8H,6-7H2,1-5H3. The van der Waals surface area contributed by atoms with Crippen LogP contribution in [0.3, 0.4) is 0 Å². The maximum atomic E-state index is 12.6. The first-order chi connectivity index (χ1) is 8.70. The van der Waals surface area contributed by atoms with E-state index in [1.807, 2.05) is 32.8 Å². The van der Waals surface area contributed by atoms with Gasteiger partial charge in [0, 0.05) is 19.1 Å². The van der Waals surface area contributed by atoms with Gasteiger partial charge in [-0.25, -0.2) is 13.4 Å². The van der Waals surface area contributed by atoms with Crippen LogP contribution in [0.1, 0.15) is 19.5 Å². The quantitative estimate of drug-likeness (QED) is 0.803. The summed E-state index contributed by atoms with van der Waals surface area (Å²) >= 11 is 6.81. The molecule has 0 fully saturated rings. The summed E-state index contributed by atoms with van der Waals surface area (Å²) < 4.78 is 27.3. The van der Waals surface area contributed by atoms with Crippen molar-refractivity contribution >= 4 is 33.0 Å². The lowest BCUT2D eigenvalue weighted by molar-refractivity contribution is 0.271. The summed E-state index contributed by atoms with van der Waals surface area (Å²) in [7, 11) is 0.317. The third-order valence-corrected chi connectivity index (χ3v) is 6.64. The van der Waals surface area contributed by atoms with Crippen molar-refractivity contribution in [3.8, 4) is 0 Å². The first-order valence-electron chi connectivity index (χ1n) is 5.99. The number of thiazole rings is 1. The second-order valence-corrected chi connectivity index (χ2v) is 8.33. The van der Waals surface area contributed by atoms with E-state index >= 15 is 0 Å². The molecule has 1 heterocycles. The minimum Gasteiger partial charge on any atom is -0.308 e. The van der Waals surface area contributed by atoms with Crippen molar-refractivity contribution < 1.29 is 8.42 Å². The molecule has 5 nitrogen and oxygen atoms in total. The third kappa shape index (κ3) is 3.88. The Balaban J connectivity index is 3.12. The molecule has 0 N–H and O–H groups in total. The fourth-order valence-corrected chi connectivity index (χ4v) is 5.52. The van der Waals surface area contributed by atoms with Gasteiger partial charge in [0.2, 0.25) is 0 Å². The Bertz CT molecular complexity index is 528. The molecule has 19 heavy (non-hydrogen) atoms. The molecule has 1 rings (SSSR count). The summed E-state index contributed by atoms with van der Waals surface area (Å²) in [4.78, 5) is 5.95. The van der Waals surface area contributed by atoms with E-state index in [2.05, 4.69) is 4.98 Å². The Morgan fingerprint density at radius 3 is 2.37 bits per heavy atom. The van der Waals surface area contributed by atoms with Gasteiger partial charge in [0.05, 0.1) is 5.69 Å². The number of hydrogen-bond acceptors (Lipinski definition) is 5. The molecule has 0 aliphatic rings. The highest BCUT2D eigenvalue weighted by Gasteiger charge is 2.31. The molecule has 0 aliphatic heterocycles. The molecule has 0 saturated carbocycles. The van der Waals surface area contributed by atoms with Gasteiger partial charge >= 0.3 is 0 Å². The van der Waals surface area contributed by atoms with E-state index in [1.165, 1.54) is 4.31 Å². The largest absolute Gasteiger partial charge is 0.308 e. The van der Waals surface area contributed by atoms with Crippen LogP contribution in [-0.2, 0) is 10.0 Å². The molecule has 1 aromatic rings. The van der Waals surface area contributed by atoms with Crippen LogP contribution >= 0.6 is 22.9 Å². The van der Waals surface area contributed by atoms with Gasteiger partial charge < -0.3 is 4.90 Å². The molecule has 0 saturated heterocycles. The predicted molar refractivity (Wildman–Crippen MR) is 79.4 cm³/mol. The zero-order valence-corrected chi connectivity index (χ0v) is 14.2. The lowest BCUT2D eigenvalue weighted by Gasteiger charge is -2.28. The van der Waals surface area contributed by atoms with Crippen molar-refractivity contribution in [1.82, 2.24) is 14.2 Å². The average Bonchev–Trinajstić information content (AvgIpc) is 2.57. The van der Waals surface area contributed by atoms with Crippen LogP contribution in [0.2, 0.25) is 4.47 Å². The lowest BCUT2D eigenvalue weighted by atomic mass is 10.3. The molecule has 110 valence electrons. The fourth-order valence-electron chi connectivity index (χ4n) is 2.03. The van der Waals surface area contributed by atoms with Gasteiger partial charge in [-0.2, -0.15) is 4.31 Å². The van der Waals surface area contributed by atoms with E-state index in [1.54, 1.807) is 6.92 Å². The number of nitrogens with zero attached hydrogens (tertiary/aromatic N) is 3. The van der Waals surface area contributed by atoms with Crippen molar-refractivity contribution in [2.45, 2.75) is 31.0 Å². The van der Waals surface area contributed by atoms with Crippen LogP contribution in [0, 0.1) is 6.92 Å². The molecular weight excluding hydrogens is 306 g/mol. The molecule has 0 bridgehead atoms. The normalized spacial score (nSPS) is 14.3. The molecular formula is C11H20ClN3O2S2. The molecule has 0 amide bonds. The van der Waals surface area contributed by atoms with Crippen molar-refractivity contribution in [1.29, 1.82) is 0 Å². The molecule has 0 aliphatic carbocycles. The average molecular weight is 326 g/mol. The molecule has 0 radical (unpaired) electrons. The summed E-state index contributed by atoms with van der Waals surface area (Å²) in [5.41, 5.74) is 0.463. The highest BCUT2D eigenvalue weighted by atomic mass is 35.5. The number of halogens is 1. The predicted octanol–water partition coefficient (Wildman–Crippen LogP) is 2.07. The first kappa shape index (κ1) is 16.8. The number of hydrogen-bond donors (Lipinski definition) is 0. The minimum absolute atomic E-state index is 0.106. The maximum Gasteiger partial charge on any atom is 0.254 e. The smallest absolute Gasteiger partial charge is 0.254 e. The van der Waals surface area contributed by atoms with Crippen LogP contribution in [0.5, 0.6) is 0 Å². The van der Waals surface area contributed by atoms with E-state index in [-0.39, 0.29) is 14.7 Å². The molecule has 8 heteroatoms. The Labute approximate surface area is 124 Å². The van der Waals surface area contributed by atoms with Gasteiger partial charge in [-0.15, -0.1) is 0 Å². The molecule has 1 unspecified atom stereocenters. The Morgan fingerprint density at radius 1 is 1.42 bits per heavy atom. The van der Waals surface area contributed by atoms with Gasteiger partial charge in [-0.05, 0) is 27.9 Å². The van der Waals surface area contributed by atoms with Crippen LogP contribution in [0.4, 0.5) is 0 Å². The highest BCUT2D eigenvalue weighted by Crippen LogP contribution is 2.30. The topological polar surface area (TPSA) is 53.5 Å². The van der Waals surface area contributed by atoms with Gasteiger partial charge in [0.25, 0.3) is 10.0 Å². The van der Waals surface area contributed by atoms with E-state index in [0.717, 1.165) is 11.3 Å². The summed E-state index contributed by atoms with van der Waals surface area (Å²) in [6, 6.07) is -0.106. The van der Waals surface area contributed by atoms with E-state index < -0.39 is 10.0 Å². The van der Waals surface area contributed by atoms with Crippen LogP contribution < -0.4 is 0 Å². The molecule has 1 aromatic heterocycles. The SMILES string of the molecule is CCN(C(C)CN(C)C)S(=O)(=O)c1sc(Cl)nc1C. The van der Waals surface area contributed by atoms with Crippen molar-refractivity contribution in [3.63, 3.8) is 0 Å². The van der Waals surface area contributed by atoms with Gasteiger partial charge in [-0.1, -0.05) is 29.9 Å². The second-order valence-electron chi connectivity index (χ2n) is 4.66. The molecule has 0 spiro atoms. The van der Waals surface area contributed by atoms with E-state index in [0.29, 0.717) is 18.8 Å². The van der Waals surface area contributed by atoms with Crippen LogP contribution in [-0.4, -0.2) is 55.8 Å². The molecule has 0 aromatic carbocycles. The number of rotatable bonds is 6. The first-order valence-corrected chi connectivity index (χ1v) is 8.63. The minimum atomic E-state index is -3.53. The van der Waals surface area contributed by atoms with Crippen molar-refractivity contribution in [2.24, 2.45) is 0 Å². The fraction of sp³-hybridized carbons (Fsp3) is 0.727. The maximum absolute atomic E-state index is 12.6. The monoisotopic (exact) mass is 325 g/mol. The summed E-state index contributed by atoms with van der Waals surface area (Å²) in [6.07, 6.45) is 0. The lowest BCUT2D eigenvalue weighted by Crippen LogP contribution is -2.43. The van der Waals surface area contributed by atoms with Gasteiger partial charge in [-0.3, -0.25) is 0 Å². The zero-order chi connectivity index (χ0) is 14.8. The van der Waals surface area contributed by atoms with Crippen LogP contribution in [0.25, 0.3) is 0 Å². The zero-order valence-electron chi connectivity index (χ0n) is 11.8. The van der Waals surface area contributed by atoms with Gasteiger partial charge in [0.15, 0.2) is 8.68 Å². The van der Waals surface area contributed by atoms with E-state index in [4.69, 9.17) is 11.6 Å². The second kappa shape index (κ2) is 6.49. The summed E-state index contributed by atoms with van der Waals surface area (Å²) in [5, 5.41) is 0. The summed E-state index contributed by atoms with van der Waals surface area (Å²) in [5.74, 6) is 0.